The number of carbonyl (C=O) groups is 1. The third-order valence-corrected chi connectivity index (χ3v) is 2.54. The molecule has 0 aromatic rings. The molecule has 4 nitrogen and oxygen atoms in total. The predicted octanol–water partition coefficient (Wildman–Crippen LogP) is 1.38. The molecular weight excluding hydrogens is 202 g/mol. The van der Waals surface area contributed by atoms with Gasteiger partial charge < -0.3 is 5.32 Å². The number of hydrogen-bond acceptors (Lipinski definition) is 3. The molecule has 0 bridgehead atoms. The van der Waals surface area contributed by atoms with Crippen LogP contribution in [0, 0.1) is 16.7 Å². The molecule has 0 unspecified atom stereocenters. The van der Waals surface area contributed by atoms with Crippen molar-refractivity contribution in [1.29, 1.82) is 5.26 Å². The second-order valence-electron chi connectivity index (χ2n) is 4.70. The zero-order valence-electron chi connectivity index (χ0n) is 10.8. The van der Waals surface area contributed by atoms with Gasteiger partial charge in [0, 0.05) is 13.6 Å². The first kappa shape index (κ1) is 14.9. The number of nitriles is 1. The predicted molar refractivity (Wildman–Crippen MR) is 64.8 cm³/mol. The van der Waals surface area contributed by atoms with Gasteiger partial charge in [0.1, 0.15) is 0 Å². The lowest BCUT2D eigenvalue weighted by molar-refractivity contribution is -0.121. The lowest BCUT2D eigenvalue weighted by atomic mass is 9.91. The molecule has 0 saturated carbocycles. The summed E-state index contributed by atoms with van der Waals surface area (Å²) in [6, 6.07) is 2.28. The molecule has 92 valence electrons. The number of nitrogens with zero attached hydrogens (tertiary/aromatic N) is 2. The minimum absolute atomic E-state index is 0.0308. The summed E-state index contributed by atoms with van der Waals surface area (Å²) in [6.45, 7) is 8.06. The van der Waals surface area contributed by atoms with Crippen LogP contribution in [0.1, 0.15) is 33.6 Å². The molecule has 0 aliphatic carbocycles. The lowest BCUT2D eigenvalue weighted by Crippen LogP contribution is -2.37. The van der Waals surface area contributed by atoms with Crippen LogP contribution in [-0.4, -0.2) is 37.5 Å². The van der Waals surface area contributed by atoms with Crippen LogP contribution in [0.15, 0.2) is 0 Å². The molecule has 0 rings (SSSR count). The molecule has 0 aliphatic heterocycles. The van der Waals surface area contributed by atoms with E-state index in [0.29, 0.717) is 6.54 Å². The molecule has 0 heterocycles. The molecular formula is C12H23N3O. The topological polar surface area (TPSA) is 56.1 Å². The first-order valence-electron chi connectivity index (χ1n) is 5.79. The molecule has 0 aromatic carbocycles. The van der Waals surface area contributed by atoms with E-state index in [4.69, 9.17) is 5.26 Å². The second kappa shape index (κ2) is 7.24. The monoisotopic (exact) mass is 225 g/mol. The van der Waals surface area contributed by atoms with Crippen LogP contribution < -0.4 is 5.32 Å². The third-order valence-electron chi connectivity index (χ3n) is 2.54. The Balaban J connectivity index is 4.14. The first-order valence-corrected chi connectivity index (χ1v) is 5.79. The first-order chi connectivity index (χ1) is 7.45. The molecule has 0 aromatic heterocycles. The van der Waals surface area contributed by atoms with Crippen molar-refractivity contribution in [2.45, 2.75) is 33.6 Å². The van der Waals surface area contributed by atoms with Crippen molar-refractivity contribution in [2.24, 2.45) is 5.41 Å². The number of hydrogen-bond donors (Lipinski definition) is 1. The van der Waals surface area contributed by atoms with Gasteiger partial charge in [0.15, 0.2) is 0 Å². The Morgan fingerprint density at radius 3 is 2.50 bits per heavy atom. The van der Waals surface area contributed by atoms with Crippen LogP contribution >= 0.6 is 0 Å². The minimum Gasteiger partial charge on any atom is -0.358 e. The Bertz CT molecular complexity index is 255. The average molecular weight is 225 g/mol. The van der Waals surface area contributed by atoms with Gasteiger partial charge in [-0.05, 0) is 33.2 Å². The highest BCUT2D eigenvalue weighted by molar-refractivity contribution is 5.77. The maximum absolute atomic E-state index is 11.3. The van der Waals surface area contributed by atoms with E-state index < -0.39 is 0 Å². The Hall–Kier alpha value is -1.08. The second-order valence-corrected chi connectivity index (χ2v) is 4.70. The van der Waals surface area contributed by atoms with Crippen molar-refractivity contribution in [2.75, 3.05) is 26.7 Å². The Kier molecular flexibility index (Phi) is 6.75. The van der Waals surface area contributed by atoms with Crippen LogP contribution in [0.3, 0.4) is 0 Å². The van der Waals surface area contributed by atoms with E-state index in [1.54, 1.807) is 7.05 Å². The summed E-state index contributed by atoms with van der Waals surface area (Å²) >= 11 is 0. The van der Waals surface area contributed by atoms with Crippen molar-refractivity contribution in [3.8, 4) is 6.07 Å². The molecule has 0 aliphatic rings. The molecule has 16 heavy (non-hydrogen) atoms. The van der Waals surface area contributed by atoms with Gasteiger partial charge in [0.05, 0.1) is 18.0 Å². The standard InChI is InChI=1S/C12H23N3O/c1-5-7-15(9-11(16)14-4)8-6-12(2,3)10-13/h5-9H2,1-4H3,(H,14,16). The van der Waals surface area contributed by atoms with Crippen molar-refractivity contribution in [1.82, 2.24) is 10.2 Å². The van der Waals surface area contributed by atoms with Crippen LogP contribution in [0.25, 0.3) is 0 Å². The fourth-order valence-electron chi connectivity index (χ4n) is 1.36. The summed E-state index contributed by atoms with van der Waals surface area (Å²) in [7, 11) is 1.64. The summed E-state index contributed by atoms with van der Waals surface area (Å²) in [4.78, 5) is 13.4. The molecule has 0 spiro atoms. The van der Waals surface area contributed by atoms with Crippen molar-refractivity contribution < 1.29 is 4.79 Å². The molecule has 0 saturated heterocycles. The van der Waals surface area contributed by atoms with E-state index in [9.17, 15) is 4.79 Å². The number of amides is 1. The molecule has 1 amide bonds. The van der Waals surface area contributed by atoms with Gasteiger partial charge in [0.25, 0.3) is 0 Å². The highest BCUT2D eigenvalue weighted by Crippen LogP contribution is 2.18. The molecule has 0 fully saturated rings. The van der Waals surface area contributed by atoms with E-state index in [-0.39, 0.29) is 11.3 Å². The van der Waals surface area contributed by atoms with Gasteiger partial charge in [-0.15, -0.1) is 0 Å². The van der Waals surface area contributed by atoms with Crippen LogP contribution in [0.4, 0.5) is 0 Å². The minimum atomic E-state index is -0.311. The molecule has 0 atom stereocenters. The summed E-state index contributed by atoms with van der Waals surface area (Å²) in [5, 5.41) is 11.5. The summed E-state index contributed by atoms with van der Waals surface area (Å²) in [5.74, 6) is 0.0308. The zero-order valence-corrected chi connectivity index (χ0v) is 10.8. The largest absolute Gasteiger partial charge is 0.358 e. The maximum atomic E-state index is 11.3. The average Bonchev–Trinajstić information content (AvgIpc) is 2.26. The molecule has 0 radical (unpaired) electrons. The van der Waals surface area contributed by atoms with Gasteiger partial charge >= 0.3 is 0 Å². The Morgan fingerprint density at radius 2 is 2.06 bits per heavy atom. The van der Waals surface area contributed by atoms with E-state index in [0.717, 1.165) is 25.9 Å². The molecule has 4 heteroatoms. The molecule has 1 N–H and O–H groups in total. The Labute approximate surface area is 98.6 Å². The highest BCUT2D eigenvalue weighted by atomic mass is 16.1. The number of carbonyl (C=O) groups excluding carboxylic acids is 1. The van der Waals surface area contributed by atoms with Crippen molar-refractivity contribution >= 4 is 5.91 Å². The third kappa shape index (κ3) is 6.41. The van der Waals surface area contributed by atoms with E-state index in [1.165, 1.54) is 0 Å². The van der Waals surface area contributed by atoms with Crippen molar-refractivity contribution in [3.05, 3.63) is 0 Å². The number of likely N-dealkylation sites (N-methyl/N-ethyl adjacent to an activating group) is 1. The SMILES string of the molecule is CCCN(CCC(C)(C)C#N)CC(=O)NC. The maximum Gasteiger partial charge on any atom is 0.233 e. The van der Waals surface area contributed by atoms with Gasteiger partial charge in [0.2, 0.25) is 5.91 Å². The van der Waals surface area contributed by atoms with Crippen LogP contribution in [0.2, 0.25) is 0 Å². The van der Waals surface area contributed by atoms with E-state index >= 15 is 0 Å². The van der Waals surface area contributed by atoms with Crippen LogP contribution in [-0.2, 0) is 4.79 Å². The fraction of sp³-hybridized carbons (Fsp3) is 0.833. The summed E-state index contributed by atoms with van der Waals surface area (Å²) in [6.07, 6.45) is 1.81. The normalized spacial score (nSPS) is 11.2. The van der Waals surface area contributed by atoms with Gasteiger partial charge in [-0.1, -0.05) is 6.92 Å². The van der Waals surface area contributed by atoms with Crippen LogP contribution in [0.5, 0.6) is 0 Å². The van der Waals surface area contributed by atoms with Gasteiger partial charge in [-0.3, -0.25) is 9.69 Å². The summed E-state index contributed by atoms with van der Waals surface area (Å²) < 4.78 is 0. The fourth-order valence-corrected chi connectivity index (χ4v) is 1.36. The summed E-state index contributed by atoms with van der Waals surface area (Å²) in [5.41, 5.74) is -0.311. The zero-order chi connectivity index (χ0) is 12.6. The smallest absolute Gasteiger partial charge is 0.233 e. The van der Waals surface area contributed by atoms with E-state index in [2.05, 4.69) is 23.2 Å². The number of rotatable bonds is 7. The lowest BCUT2D eigenvalue weighted by Gasteiger charge is -2.24. The highest BCUT2D eigenvalue weighted by Gasteiger charge is 2.18. The van der Waals surface area contributed by atoms with Gasteiger partial charge in [-0.2, -0.15) is 5.26 Å². The van der Waals surface area contributed by atoms with Crippen molar-refractivity contribution in [3.63, 3.8) is 0 Å². The van der Waals surface area contributed by atoms with E-state index in [1.807, 2.05) is 13.8 Å². The van der Waals surface area contributed by atoms with Gasteiger partial charge in [-0.25, -0.2) is 0 Å². The number of nitrogens with one attached hydrogen (secondary N) is 1. The quantitative estimate of drug-likeness (QED) is 0.712. The Morgan fingerprint density at radius 1 is 1.44 bits per heavy atom.